The molecule has 1 N–H and O–H groups in total. The van der Waals surface area contributed by atoms with Crippen LogP contribution < -0.4 is 20.5 Å². The standard InChI is InChI=1S/C33H42N2O5.C7H7Cl.C4H10/c1-3-21-38-28-15-16-32-30(22-28)31(37)23-33(39-32)40-34-18-17-25-11-13-26(14-12-25)29-10-6-5-9-27(29)24-35(2)19-7-4-8-20-36;1-6-2-4-7(8)5-3-6;1-3-4-2/h5-6,9-10,15-17,20,22-23,26,34H,3-4,7-8,11-14,18-19,21,24H2,1-2H3;2-5H,1H3;3-4H2,1-2H3. The first-order valence-corrected chi connectivity index (χ1v) is 19.4. The van der Waals surface area contributed by atoms with Crippen LogP contribution >= 0.6 is 11.6 Å². The van der Waals surface area contributed by atoms with E-state index in [9.17, 15) is 9.59 Å². The van der Waals surface area contributed by atoms with Crippen molar-refractivity contribution in [1.82, 2.24) is 10.4 Å². The van der Waals surface area contributed by atoms with E-state index in [1.165, 1.54) is 41.2 Å². The number of aryl methyl sites for hydroxylation is 1. The van der Waals surface area contributed by atoms with Crippen LogP contribution in [0.5, 0.6) is 11.7 Å². The van der Waals surface area contributed by atoms with Crippen LogP contribution in [0.25, 0.3) is 11.0 Å². The van der Waals surface area contributed by atoms with E-state index in [0.717, 1.165) is 69.3 Å². The number of rotatable bonds is 16. The molecule has 4 aromatic rings. The maximum Gasteiger partial charge on any atom is 0.308 e. The third-order valence-corrected chi connectivity index (χ3v) is 9.23. The number of fused-ring (bicyclic) bond motifs is 1. The quantitative estimate of drug-likeness (QED) is 0.0532. The van der Waals surface area contributed by atoms with Crippen molar-refractivity contribution < 1.29 is 18.8 Å². The lowest BCUT2D eigenvalue weighted by Gasteiger charge is -2.27. The molecule has 0 unspecified atom stereocenters. The van der Waals surface area contributed by atoms with Crippen LogP contribution in [0.3, 0.4) is 0 Å². The van der Waals surface area contributed by atoms with E-state index in [0.29, 0.717) is 42.2 Å². The molecule has 0 bridgehead atoms. The van der Waals surface area contributed by atoms with Crippen molar-refractivity contribution in [1.29, 1.82) is 0 Å². The van der Waals surface area contributed by atoms with Crippen molar-refractivity contribution in [2.75, 3.05) is 26.7 Å². The summed E-state index contributed by atoms with van der Waals surface area (Å²) >= 11 is 5.61. The molecule has 0 spiro atoms. The van der Waals surface area contributed by atoms with Gasteiger partial charge in [0.1, 0.15) is 17.6 Å². The number of hydroxylamine groups is 1. The van der Waals surface area contributed by atoms with Gasteiger partial charge in [-0.3, -0.25) is 4.79 Å². The number of halogens is 1. The molecule has 282 valence electrons. The van der Waals surface area contributed by atoms with Gasteiger partial charge in [-0.25, -0.2) is 0 Å². The molecule has 0 amide bonds. The number of unbranched alkanes of at least 4 members (excludes halogenated alkanes) is 3. The molecule has 7 nitrogen and oxygen atoms in total. The number of aldehydes is 1. The van der Waals surface area contributed by atoms with Gasteiger partial charge in [-0.2, -0.15) is 0 Å². The zero-order valence-electron chi connectivity index (χ0n) is 31.9. The zero-order valence-corrected chi connectivity index (χ0v) is 32.7. The lowest BCUT2D eigenvalue weighted by atomic mass is 9.80. The van der Waals surface area contributed by atoms with Gasteiger partial charge in [0, 0.05) is 18.0 Å². The summed E-state index contributed by atoms with van der Waals surface area (Å²) in [6, 6.07) is 23.2. The minimum Gasteiger partial charge on any atom is -0.494 e. The molecule has 8 heteroatoms. The van der Waals surface area contributed by atoms with Crippen molar-refractivity contribution in [3.05, 3.63) is 116 Å². The molecule has 1 aliphatic rings. The Morgan fingerprint density at radius 2 is 1.67 bits per heavy atom. The van der Waals surface area contributed by atoms with E-state index in [1.54, 1.807) is 18.2 Å². The average molecular weight is 731 g/mol. The molecule has 0 radical (unpaired) electrons. The number of allylic oxidation sites excluding steroid dienone is 1. The van der Waals surface area contributed by atoms with Crippen LogP contribution in [0.2, 0.25) is 5.02 Å². The van der Waals surface area contributed by atoms with E-state index in [-0.39, 0.29) is 11.4 Å². The Balaban J connectivity index is 0.000000517. The van der Waals surface area contributed by atoms with E-state index < -0.39 is 0 Å². The molecule has 0 saturated heterocycles. The van der Waals surface area contributed by atoms with Crippen molar-refractivity contribution in [2.24, 2.45) is 0 Å². The highest BCUT2D eigenvalue weighted by molar-refractivity contribution is 6.30. The molecule has 0 atom stereocenters. The van der Waals surface area contributed by atoms with Crippen LogP contribution in [0.15, 0.2) is 93.7 Å². The second-order valence-corrected chi connectivity index (χ2v) is 13.9. The number of nitrogens with zero attached hydrogens (tertiary/aromatic N) is 1. The van der Waals surface area contributed by atoms with Crippen molar-refractivity contribution in [2.45, 2.75) is 104 Å². The number of hydrogen-bond acceptors (Lipinski definition) is 7. The average Bonchev–Trinajstić information content (AvgIpc) is 3.16. The van der Waals surface area contributed by atoms with Gasteiger partial charge in [0.25, 0.3) is 0 Å². The van der Waals surface area contributed by atoms with Gasteiger partial charge in [0.15, 0.2) is 5.43 Å². The number of hydrogen-bond donors (Lipinski definition) is 1. The highest BCUT2D eigenvalue weighted by atomic mass is 35.5. The van der Waals surface area contributed by atoms with Gasteiger partial charge in [0.05, 0.1) is 24.6 Å². The molecule has 52 heavy (non-hydrogen) atoms. The third kappa shape index (κ3) is 15.4. The highest BCUT2D eigenvalue weighted by Gasteiger charge is 2.21. The number of ether oxygens (including phenoxy) is 1. The molecular weight excluding hydrogens is 672 g/mol. The molecule has 3 aromatic carbocycles. The van der Waals surface area contributed by atoms with Crippen LogP contribution in [0, 0.1) is 6.92 Å². The molecule has 5 rings (SSSR count). The summed E-state index contributed by atoms with van der Waals surface area (Å²) in [6.07, 6.45) is 13.8. The lowest BCUT2D eigenvalue weighted by Crippen LogP contribution is -2.21. The first kappa shape index (κ1) is 42.5. The van der Waals surface area contributed by atoms with E-state index in [2.05, 4.69) is 61.6 Å². The van der Waals surface area contributed by atoms with Crippen molar-refractivity contribution in [3.8, 4) is 11.7 Å². The normalized spacial score (nSPS) is 13.8. The summed E-state index contributed by atoms with van der Waals surface area (Å²) in [5.41, 5.74) is 8.78. The maximum absolute atomic E-state index is 12.6. The lowest BCUT2D eigenvalue weighted by molar-refractivity contribution is -0.107. The SMILES string of the molecule is CCCC.CCCOc1ccc2oc(ONCC=C3CCC(c4ccccc4CN(C)CCCCC=O)CC3)cc(=O)c2c1.Cc1ccc(Cl)cc1. The zero-order chi connectivity index (χ0) is 37.6. The summed E-state index contributed by atoms with van der Waals surface area (Å²) in [7, 11) is 2.16. The number of nitrogens with one attached hydrogen (secondary N) is 1. The molecule has 1 saturated carbocycles. The van der Waals surface area contributed by atoms with E-state index in [4.69, 9.17) is 25.6 Å². The Hall–Kier alpha value is -3.91. The molecule has 1 aliphatic carbocycles. The Kier molecular flexibility index (Phi) is 19.9. The Bertz CT molecular complexity index is 1670. The highest BCUT2D eigenvalue weighted by Crippen LogP contribution is 2.37. The molecular formula is C44H59ClN2O5. The first-order chi connectivity index (χ1) is 25.3. The third-order valence-electron chi connectivity index (χ3n) is 8.98. The molecule has 1 heterocycles. The summed E-state index contributed by atoms with van der Waals surface area (Å²) in [4.78, 5) is 31.0. The summed E-state index contributed by atoms with van der Waals surface area (Å²) in [5.74, 6) is 1.38. The van der Waals surface area contributed by atoms with Crippen LogP contribution in [0.4, 0.5) is 0 Å². The van der Waals surface area contributed by atoms with Crippen LogP contribution in [-0.4, -0.2) is 37.9 Å². The van der Waals surface area contributed by atoms with E-state index in [1.807, 2.05) is 38.1 Å². The maximum atomic E-state index is 12.6. The van der Waals surface area contributed by atoms with Crippen molar-refractivity contribution >= 4 is 28.9 Å². The smallest absolute Gasteiger partial charge is 0.308 e. The van der Waals surface area contributed by atoms with Crippen molar-refractivity contribution in [3.63, 3.8) is 0 Å². The predicted octanol–water partition coefficient (Wildman–Crippen LogP) is 11.0. The molecule has 1 fully saturated rings. The fourth-order valence-electron chi connectivity index (χ4n) is 5.86. The van der Waals surface area contributed by atoms with Gasteiger partial charge in [0.2, 0.25) is 0 Å². The monoisotopic (exact) mass is 730 g/mol. The van der Waals surface area contributed by atoms with Gasteiger partial charge in [-0.15, -0.1) is 5.48 Å². The second-order valence-electron chi connectivity index (χ2n) is 13.4. The predicted molar refractivity (Wildman–Crippen MR) is 216 cm³/mol. The fraction of sp³-hybridized carbons (Fsp3) is 0.455. The minimum absolute atomic E-state index is 0.146. The molecule has 0 aliphatic heterocycles. The summed E-state index contributed by atoms with van der Waals surface area (Å²) in [5, 5.41) is 1.28. The number of carbonyl (C=O) groups excluding carboxylic acids is 1. The Morgan fingerprint density at radius 1 is 0.942 bits per heavy atom. The van der Waals surface area contributed by atoms with Crippen LogP contribution in [0.1, 0.15) is 108 Å². The van der Waals surface area contributed by atoms with Crippen LogP contribution in [-0.2, 0) is 11.3 Å². The number of benzene rings is 3. The van der Waals surface area contributed by atoms with Gasteiger partial charge in [-0.05, 0) is 113 Å². The molecule has 1 aromatic heterocycles. The van der Waals surface area contributed by atoms with E-state index >= 15 is 0 Å². The second kappa shape index (κ2) is 24.4. The summed E-state index contributed by atoms with van der Waals surface area (Å²) in [6.45, 7) is 11.5. The first-order valence-electron chi connectivity index (χ1n) is 19.0. The Labute approximate surface area is 316 Å². The summed E-state index contributed by atoms with van der Waals surface area (Å²) < 4.78 is 11.4. The number of carbonyl (C=O) groups is 1. The largest absolute Gasteiger partial charge is 0.494 e. The fourth-order valence-corrected chi connectivity index (χ4v) is 5.99. The van der Waals surface area contributed by atoms with Gasteiger partial charge >= 0.3 is 5.95 Å². The van der Waals surface area contributed by atoms with Gasteiger partial charge in [-0.1, -0.05) is 98.8 Å². The Morgan fingerprint density at radius 3 is 2.35 bits per heavy atom. The van der Waals surface area contributed by atoms with Gasteiger partial charge < -0.3 is 23.7 Å². The topological polar surface area (TPSA) is 81.0 Å². The minimum atomic E-state index is -0.166.